The third kappa shape index (κ3) is 4.14. The van der Waals surface area contributed by atoms with Crippen LogP contribution < -0.4 is 0 Å². The van der Waals surface area contributed by atoms with Gasteiger partial charge in [-0.15, -0.1) is 0 Å². The SMILES string of the molecule is CC(C)(C)N=Cc1cc(C#Cc2ccc3ccc4cccc5ccc2c3c45)ccc1S(=O)[O-]. The summed E-state index contributed by atoms with van der Waals surface area (Å²) >= 11 is -2.34. The summed E-state index contributed by atoms with van der Waals surface area (Å²) in [5.74, 6) is 6.54. The van der Waals surface area contributed by atoms with Gasteiger partial charge in [-0.2, -0.15) is 0 Å². The van der Waals surface area contributed by atoms with Gasteiger partial charge in [0.15, 0.2) is 0 Å². The first-order valence-electron chi connectivity index (χ1n) is 10.8. The Bertz CT molecular complexity index is 1620. The molecule has 4 heteroatoms. The Balaban J connectivity index is 1.63. The molecule has 5 aromatic carbocycles. The molecule has 162 valence electrons. The predicted octanol–water partition coefficient (Wildman–Crippen LogP) is 6.44. The van der Waals surface area contributed by atoms with Crippen LogP contribution in [-0.2, 0) is 11.1 Å². The van der Waals surface area contributed by atoms with Crippen molar-refractivity contribution in [1.82, 2.24) is 0 Å². The van der Waals surface area contributed by atoms with E-state index in [1.165, 1.54) is 26.9 Å². The Labute approximate surface area is 195 Å². The highest BCUT2D eigenvalue weighted by molar-refractivity contribution is 7.79. The molecule has 0 N–H and O–H groups in total. The first-order valence-corrected chi connectivity index (χ1v) is 11.8. The van der Waals surface area contributed by atoms with Gasteiger partial charge in [0.25, 0.3) is 0 Å². The predicted molar refractivity (Wildman–Crippen MR) is 137 cm³/mol. The van der Waals surface area contributed by atoms with Crippen molar-refractivity contribution in [3.8, 4) is 11.8 Å². The molecule has 0 aliphatic heterocycles. The van der Waals surface area contributed by atoms with E-state index in [2.05, 4.69) is 71.4 Å². The number of hydrogen-bond donors (Lipinski definition) is 0. The van der Waals surface area contributed by atoms with E-state index >= 15 is 0 Å². The molecule has 0 bridgehead atoms. The lowest BCUT2D eigenvalue weighted by Gasteiger charge is -2.13. The summed E-state index contributed by atoms with van der Waals surface area (Å²) < 4.78 is 23.3. The average molecular weight is 449 g/mol. The summed E-state index contributed by atoms with van der Waals surface area (Å²) in [6, 6.07) is 24.2. The Morgan fingerprint density at radius 3 is 2.21 bits per heavy atom. The molecule has 0 radical (unpaired) electrons. The van der Waals surface area contributed by atoms with Gasteiger partial charge in [0, 0.05) is 27.8 Å². The van der Waals surface area contributed by atoms with Crippen molar-refractivity contribution in [3.63, 3.8) is 0 Å². The molecule has 33 heavy (non-hydrogen) atoms. The van der Waals surface area contributed by atoms with E-state index in [4.69, 9.17) is 0 Å². The molecule has 0 fully saturated rings. The summed E-state index contributed by atoms with van der Waals surface area (Å²) in [5.41, 5.74) is 1.93. The zero-order valence-electron chi connectivity index (χ0n) is 18.7. The molecule has 1 atom stereocenters. The van der Waals surface area contributed by atoms with E-state index in [-0.39, 0.29) is 10.4 Å². The third-order valence-corrected chi connectivity index (χ3v) is 6.38. The van der Waals surface area contributed by atoms with E-state index < -0.39 is 11.1 Å². The second-order valence-corrected chi connectivity index (χ2v) is 10.0. The minimum absolute atomic E-state index is 0.219. The molecule has 0 aliphatic carbocycles. The van der Waals surface area contributed by atoms with E-state index in [1.54, 1.807) is 24.4 Å². The number of aliphatic imine (C=N–C) groups is 1. The first-order chi connectivity index (χ1) is 15.8. The summed E-state index contributed by atoms with van der Waals surface area (Å²) in [4.78, 5) is 4.69. The zero-order chi connectivity index (χ0) is 23.2. The van der Waals surface area contributed by atoms with Crippen molar-refractivity contribution < 1.29 is 8.76 Å². The lowest BCUT2D eigenvalue weighted by molar-refractivity contribution is 0.537. The molecule has 0 spiro atoms. The molecule has 5 aromatic rings. The highest BCUT2D eigenvalue weighted by Gasteiger charge is 2.10. The van der Waals surface area contributed by atoms with Crippen LogP contribution in [0.1, 0.15) is 37.5 Å². The van der Waals surface area contributed by atoms with Gasteiger partial charge in [-0.3, -0.25) is 9.20 Å². The topological polar surface area (TPSA) is 52.5 Å². The van der Waals surface area contributed by atoms with Crippen molar-refractivity contribution in [2.24, 2.45) is 4.99 Å². The molecule has 0 aliphatic rings. The van der Waals surface area contributed by atoms with Crippen LogP contribution in [0.2, 0.25) is 0 Å². The normalized spacial score (nSPS) is 13.1. The number of rotatable bonds is 2. The number of hydrogen-bond acceptors (Lipinski definition) is 3. The number of nitrogens with zero attached hydrogens (tertiary/aromatic N) is 1. The van der Waals surface area contributed by atoms with Crippen LogP contribution in [-0.4, -0.2) is 20.5 Å². The molecule has 5 rings (SSSR count). The van der Waals surface area contributed by atoms with Crippen LogP contribution in [0.25, 0.3) is 32.3 Å². The standard InChI is InChI=1S/C29H23NO2S/c1-29(2,3)30-18-24-17-19(8-16-26(24)33(31)32)7-9-20-10-11-23-13-12-21-5-4-6-22-14-15-25(20)28(23)27(21)22/h4-6,8,10-18H,1-3H3,(H,31,32)/p-1. The number of benzene rings is 5. The molecule has 0 aromatic heterocycles. The van der Waals surface area contributed by atoms with Crippen molar-refractivity contribution in [2.45, 2.75) is 31.2 Å². The van der Waals surface area contributed by atoms with Crippen molar-refractivity contribution >= 4 is 49.6 Å². The molecule has 1 unspecified atom stereocenters. The van der Waals surface area contributed by atoms with Gasteiger partial charge >= 0.3 is 0 Å². The first kappa shape index (κ1) is 21.3. The molecule has 3 nitrogen and oxygen atoms in total. The van der Waals surface area contributed by atoms with E-state index in [0.717, 1.165) is 16.5 Å². The minimum Gasteiger partial charge on any atom is -0.768 e. The summed E-state index contributed by atoms with van der Waals surface area (Å²) in [5, 5.41) is 7.25. The van der Waals surface area contributed by atoms with Crippen LogP contribution in [0.15, 0.2) is 82.7 Å². The zero-order valence-corrected chi connectivity index (χ0v) is 19.5. The monoisotopic (exact) mass is 448 g/mol. The fraction of sp³-hybridized carbons (Fsp3) is 0.138. The van der Waals surface area contributed by atoms with E-state index in [1.807, 2.05) is 20.8 Å². The van der Waals surface area contributed by atoms with Crippen molar-refractivity contribution in [1.29, 1.82) is 0 Å². The van der Waals surface area contributed by atoms with Crippen molar-refractivity contribution in [2.75, 3.05) is 0 Å². The Kier molecular flexibility index (Phi) is 5.25. The largest absolute Gasteiger partial charge is 0.768 e. The lowest BCUT2D eigenvalue weighted by Crippen LogP contribution is -2.10. The Hall–Kier alpha value is -3.52. The lowest BCUT2D eigenvalue weighted by atomic mass is 9.92. The quantitative estimate of drug-likeness (QED) is 0.135. The molecular formula is C29H22NO2S-. The van der Waals surface area contributed by atoms with E-state index in [0.29, 0.717) is 5.56 Å². The van der Waals surface area contributed by atoms with Gasteiger partial charge in [-0.05, 0) is 88.4 Å². The minimum atomic E-state index is -2.34. The van der Waals surface area contributed by atoms with Crippen molar-refractivity contribution in [3.05, 3.63) is 89.5 Å². The molecule has 0 saturated carbocycles. The van der Waals surface area contributed by atoms with Crippen LogP contribution in [0.3, 0.4) is 0 Å². The summed E-state index contributed by atoms with van der Waals surface area (Å²) in [6.45, 7) is 5.90. The molecule has 0 saturated heterocycles. The van der Waals surface area contributed by atoms with E-state index in [9.17, 15) is 8.76 Å². The fourth-order valence-electron chi connectivity index (χ4n) is 4.13. The van der Waals surface area contributed by atoms with Crippen LogP contribution in [0.4, 0.5) is 0 Å². The van der Waals surface area contributed by atoms with Crippen LogP contribution in [0, 0.1) is 11.8 Å². The summed E-state index contributed by atoms with van der Waals surface area (Å²) in [7, 11) is 0. The van der Waals surface area contributed by atoms with Gasteiger partial charge in [0.2, 0.25) is 0 Å². The molecule has 0 heterocycles. The highest BCUT2D eigenvalue weighted by atomic mass is 32.2. The van der Waals surface area contributed by atoms with Crippen LogP contribution in [0.5, 0.6) is 0 Å². The van der Waals surface area contributed by atoms with Gasteiger partial charge in [0.1, 0.15) is 0 Å². The Morgan fingerprint density at radius 1 is 0.848 bits per heavy atom. The highest BCUT2D eigenvalue weighted by Crippen LogP contribution is 2.35. The maximum Gasteiger partial charge on any atom is 0.0524 e. The summed E-state index contributed by atoms with van der Waals surface area (Å²) in [6.07, 6.45) is 1.62. The third-order valence-electron chi connectivity index (χ3n) is 5.65. The van der Waals surface area contributed by atoms with Gasteiger partial charge < -0.3 is 4.55 Å². The van der Waals surface area contributed by atoms with Gasteiger partial charge in [-0.1, -0.05) is 60.4 Å². The van der Waals surface area contributed by atoms with Crippen LogP contribution >= 0.6 is 0 Å². The molecular weight excluding hydrogens is 426 g/mol. The fourth-order valence-corrected chi connectivity index (χ4v) is 4.61. The maximum atomic E-state index is 11.7. The van der Waals surface area contributed by atoms with Gasteiger partial charge in [-0.25, -0.2) is 0 Å². The average Bonchev–Trinajstić information content (AvgIpc) is 2.79. The second kappa shape index (κ2) is 8.12. The van der Waals surface area contributed by atoms with Gasteiger partial charge in [0.05, 0.1) is 5.54 Å². The molecule has 0 amide bonds. The second-order valence-electron chi connectivity index (χ2n) is 9.14. The maximum absolute atomic E-state index is 11.7. The Morgan fingerprint density at radius 2 is 1.52 bits per heavy atom. The smallest absolute Gasteiger partial charge is 0.0524 e.